The van der Waals surface area contributed by atoms with Crippen LogP contribution in [0.1, 0.15) is 37.4 Å². The highest BCUT2D eigenvalue weighted by Gasteiger charge is 2.24. The Balaban J connectivity index is 3.10. The first kappa shape index (κ1) is 15.8. The van der Waals surface area contributed by atoms with Crippen LogP contribution in [0.25, 0.3) is 0 Å². The number of hydrogen-bond donors (Lipinski definition) is 2. The Bertz CT molecular complexity index is 430. The quantitative estimate of drug-likeness (QED) is 0.829. The third kappa shape index (κ3) is 3.61. The first-order chi connectivity index (χ1) is 8.86. The fourth-order valence-corrected chi connectivity index (χ4v) is 2.27. The van der Waals surface area contributed by atoms with Crippen molar-refractivity contribution in [3.8, 4) is 11.5 Å². The first-order valence-electron chi connectivity index (χ1n) is 6.53. The molecule has 0 aromatic heterocycles. The van der Waals surface area contributed by atoms with Gasteiger partial charge in [-0.15, -0.1) is 0 Å². The van der Waals surface area contributed by atoms with E-state index in [1.807, 2.05) is 19.1 Å². The van der Waals surface area contributed by atoms with Gasteiger partial charge >= 0.3 is 0 Å². The minimum absolute atomic E-state index is 0.0122. The second kappa shape index (κ2) is 6.26. The highest BCUT2D eigenvalue weighted by atomic mass is 16.5. The van der Waals surface area contributed by atoms with Crippen molar-refractivity contribution in [3.05, 3.63) is 23.3 Å². The summed E-state index contributed by atoms with van der Waals surface area (Å²) in [5, 5.41) is 0. The average molecular weight is 266 g/mol. The molecule has 0 bridgehead atoms. The van der Waals surface area contributed by atoms with Crippen LogP contribution in [0, 0.1) is 12.3 Å². The number of nitrogens with two attached hydrogens (primary N) is 2. The maximum absolute atomic E-state index is 6.32. The normalized spacial score (nSPS) is 13.2. The van der Waals surface area contributed by atoms with E-state index in [2.05, 4.69) is 13.8 Å². The van der Waals surface area contributed by atoms with E-state index >= 15 is 0 Å². The molecular formula is C15H26N2O2. The predicted octanol–water partition coefficient (Wildman–Crippen LogP) is 2.39. The number of ether oxygens (including phenoxy) is 2. The van der Waals surface area contributed by atoms with E-state index in [0.717, 1.165) is 29.0 Å². The molecule has 0 heterocycles. The van der Waals surface area contributed by atoms with E-state index < -0.39 is 0 Å². The summed E-state index contributed by atoms with van der Waals surface area (Å²) in [6, 6.07) is 3.81. The molecule has 1 atom stereocenters. The minimum Gasteiger partial charge on any atom is -0.496 e. The Morgan fingerprint density at radius 2 is 1.84 bits per heavy atom. The van der Waals surface area contributed by atoms with Crippen molar-refractivity contribution >= 4 is 0 Å². The molecule has 1 aromatic carbocycles. The smallest absolute Gasteiger partial charge is 0.130 e. The molecule has 0 saturated carbocycles. The molecule has 0 radical (unpaired) electrons. The third-order valence-electron chi connectivity index (χ3n) is 3.54. The van der Waals surface area contributed by atoms with Crippen molar-refractivity contribution in [2.24, 2.45) is 16.9 Å². The van der Waals surface area contributed by atoms with Gasteiger partial charge in [0.1, 0.15) is 11.5 Å². The van der Waals surface area contributed by atoms with E-state index in [-0.39, 0.29) is 11.5 Å². The summed E-state index contributed by atoms with van der Waals surface area (Å²) < 4.78 is 10.8. The van der Waals surface area contributed by atoms with Crippen LogP contribution in [0.15, 0.2) is 12.1 Å². The largest absolute Gasteiger partial charge is 0.496 e. The monoisotopic (exact) mass is 266 g/mol. The maximum Gasteiger partial charge on any atom is 0.130 e. The van der Waals surface area contributed by atoms with Crippen LogP contribution in [-0.4, -0.2) is 20.8 Å². The molecular weight excluding hydrogens is 240 g/mol. The molecule has 4 N–H and O–H groups in total. The molecule has 1 rings (SSSR count). The van der Waals surface area contributed by atoms with Crippen LogP contribution in [0.3, 0.4) is 0 Å². The SMILES string of the molecule is COc1ccc(C(N)CC(C)(C)CN)c(OC)c1C. The zero-order valence-corrected chi connectivity index (χ0v) is 12.6. The zero-order chi connectivity index (χ0) is 14.6. The van der Waals surface area contributed by atoms with Gasteiger partial charge in [0, 0.05) is 17.2 Å². The van der Waals surface area contributed by atoms with Gasteiger partial charge < -0.3 is 20.9 Å². The highest BCUT2D eigenvalue weighted by molar-refractivity contribution is 5.50. The zero-order valence-electron chi connectivity index (χ0n) is 12.6. The van der Waals surface area contributed by atoms with Gasteiger partial charge in [-0.25, -0.2) is 0 Å². The predicted molar refractivity (Wildman–Crippen MR) is 78.7 cm³/mol. The molecule has 0 saturated heterocycles. The number of rotatable bonds is 6. The fourth-order valence-electron chi connectivity index (χ4n) is 2.27. The van der Waals surface area contributed by atoms with Crippen LogP contribution in [0.4, 0.5) is 0 Å². The maximum atomic E-state index is 6.32. The summed E-state index contributed by atoms with van der Waals surface area (Å²) >= 11 is 0. The summed E-state index contributed by atoms with van der Waals surface area (Å²) in [5.41, 5.74) is 14.1. The topological polar surface area (TPSA) is 70.5 Å². The molecule has 0 amide bonds. The molecule has 19 heavy (non-hydrogen) atoms. The lowest BCUT2D eigenvalue weighted by atomic mass is 9.83. The minimum atomic E-state index is -0.0990. The Hall–Kier alpha value is -1.26. The van der Waals surface area contributed by atoms with E-state index in [1.165, 1.54) is 0 Å². The molecule has 4 heteroatoms. The van der Waals surface area contributed by atoms with Crippen LogP contribution < -0.4 is 20.9 Å². The van der Waals surface area contributed by atoms with Gasteiger partial charge in [0.25, 0.3) is 0 Å². The lowest BCUT2D eigenvalue weighted by Crippen LogP contribution is -2.28. The second-order valence-corrected chi connectivity index (χ2v) is 5.69. The molecule has 4 nitrogen and oxygen atoms in total. The van der Waals surface area contributed by atoms with Gasteiger partial charge in [-0.3, -0.25) is 0 Å². The molecule has 1 aromatic rings. The van der Waals surface area contributed by atoms with Crippen LogP contribution in [-0.2, 0) is 0 Å². The van der Waals surface area contributed by atoms with Crippen LogP contribution in [0.2, 0.25) is 0 Å². The fraction of sp³-hybridized carbons (Fsp3) is 0.600. The lowest BCUT2D eigenvalue weighted by molar-refractivity contribution is 0.311. The van der Waals surface area contributed by atoms with Crippen molar-refractivity contribution in [3.63, 3.8) is 0 Å². The molecule has 108 valence electrons. The summed E-state index contributed by atoms with van der Waals surface area (Å²) in [6.45, 7) is 6.82. The molecule has 0 spiro atoms. The van der Waals surface area contributed by atoms with Crippen LogP contribution >= 0.6 is 0 Å². The van der Waals surface area contributed by atoms with Gasteiger partial charge in [-0.05, 0) is 31.4 Å². The Morgan fingerprint density at radius 1 is 1.21 bits per heavy atom. The van der Waals surface area contributed by atoms with E-state index in [9.17, 15) is 0 Å². The second-order valence-electron chi connectivity index (χ2n) is 5.69. The van der Waals surface area contributed by atoms with E-state index in [4.69, 9.17) is 20.9 Å². The number of benzene rings is 1. The van der Waals surface area contributed by atoms with Gasteiger partial charge in [0.2, 0.25) is 0 Å². The number of methoxy groups -OCH3 is 2. The van der Waals surface area contributed by atoms with E-state index in [0.29, 0.717) is 6.54 Å². The highest BCUT2D eigenvalue weighted by Crippen LogP contribution is 2.37. The van der Waals surface area contributed by atoms with Gasteiger partial charge in [-0.1, -0.05) is 19.9 Å². The van der Waals surface area contributed by atoms with Crippen molar-refractivity contribution < 1.29 is 9.47 Å². The molecule has 0 fully saturated rings. The van der Waals surface area contributed by atoms with Crippen molar-refractivity contribution in [1.82, 2.24) is 0 Å². The Kier molecular flexibility index (Phi) is 5.20. The summed E-state index contributed by atoms with van der Waals surface area (Å²) in [7, 11) is 3.31. The van der Waals surface area contributed by atoms with Crippen LogP contribution in [0.5, 0.6) is 11.5 Å². The Morgan fingerprint density at radius 3 is 2.32 bits per heavy atom. The van der Waals surface area contributed by atoms with Gasteiger partial charge in [0.15, 0.2) is 0 Å². The standard InChI is InChI=1S/C15H26N2O2/c1-10-13(18-4)7-6-11(14(10)19-5)12(17)8-15(2,3)9-16/h6-7,12H,8-9,16-17H2,1-5H3. The summed E-state index contributed by atoms with van der Waals surface area (Å²) in [6.07, 6.45) is 0.811. The molecule has 0 aliphatic carbocycles. The van der Waals surface area contributed by atoms with E-state index in [1.54, 1.807) is 14.2 Å². The van der Waals surface area contributed by atoms with Gasteiger partial charge in [0.05, 0.1) is 14.2 Å². The lowest BCUT2D eigenvalue weighted by Gasteiger charge is -2.27. The third-order valence-corrected chi connectivity index (χ3v) is 3.54. The summed E-state index contributed by atoms with van der Waals surface area (Å²) in [5.74, 6) is 1.62. The first-order valence-corrected chi connectivity index (χ1v) is 6.53. The van der Waals surface area contributed by atoms with Crippen molar-refractivity contribution in [2.75, 3.05) is 20.8 Å². The molecule has 1 unspecified atom stereocenters. The van der Waals surface area contributed by atoms with Crippen molar-refractivity contribution in [1.29, 1.82) is 0 Å². The van der Waals surface area contributed by atoms with Gasteiger partial charge in [-0.2, -0.15) is 0 Å². The molecule has 0 aliphatic rings. The average Bonchev–Trinajstić information content (AvgIpc) is 2.37. The Labute approximate surface area is 116 Å². The summed E-state index contributed by atoms with van der Waals surface area (Å²) in [4.78, 5) is 0. The number of hydrogen-bond acceptors (Lipinski definition) is 4. The molecule has 0 aliphatic heterocycles. The van der Waals surface area contributed by atoms with Crippen molar-refractivity contribution in [2.45, 2.75) is 33.2 Å².